The summed E-state index contributed by atoms with van der Waals surface area (Å²) in [6.07, 6.45) is 1.60. The molecule has 4 aromatic carbocycles. The number of ether oxygens (including phenoxy) is 2. The molecule has 0 radical (unpaired) electrons. The Balaban J connectivity index is 0.000000180. The second-order valence-corrected chi connectivity index (χ2v) is 12.4. The molecule has 0 spiro atoms. The summed E-state index contributed by atoms with van der Waals surface area (Å²) < 4.78 is 42.1. The number of nitrogens with one attached hydrogen (secondary N) is 3. The number of allylic oxidation sites excluding steroid dienone is 1. The van der Waals surface area contributed by atoms with Gasteiger partial charge in [-0.15, -0.1) is 0 Å². The largest absolute Gasteiger partial charge is 0.489 e. The Morgan fingerprint density at radius 2 is 1.37 bits per heavy atom. The van der Waals surface area contributed by atoms with Crippen molar-refractivity contribution >= 4 is 40.8 Å². The first-order valence-electron chi connectivity index (χ1n) is 17.1. The lowest BCUT2D eigenvalue weighted by molar-refractivity contribution is -0.133. The fraction of sp³-hybridized carbons (Fsp3) is 0.150. The number of ketones is 1. The molecule has 0 saturated heterocycles. The first-order chi connectivity index (χ1) is 27.3. The van der Waals surface area contributed by atoms with Gasteiger partial charge in [-0.25, -0.2) is 13.6 Å². The zero-order chi connectivity index (χ0) is 40.9. The van der Waals surface area contributed by atoms with Crippen LogP contribution >= 0.6 is 0 Å². The van der Waals surface area contributed by atoms with Crippen molar-refractivity contribution in [3.8, 4) is 11.5 Å². The van der Waals surface area contributed by atoms with E-state index >= 15 is 0 Å². The number of rotatable bonds is 8. The summed E-state index contributed by atoms with van der Waals surface area (Å²) in [5.41, 5.74) is 12.6. The number of hydrogen-bond donors (Lipinski definition) is 6. The van der Waals surface area contributed by atoms with Crippen LogP contribution in [0.25, 0.3) is 0 Å². The number of carboxylic acids is 1. The maximum atomic E-state index is 13.3. The van der Waals surface area contributed by atoms with Crippen LogP contribution in [0.15, 0.2) is 119 Å². The predicted octanol–water partition coefficient (Wildman–Crippen LogP) is 3.74. The summed E-state index contributed by atoms with van der Waals surface area (Å²) in [6, 6.07) is 26.3. The van der Waals surface area contributed by atoms with E-state index in [1.54, 1.807) is 12.1 Å². The maximum Gasteiger partial charge on any atom is 0.351 e. The number of aliphatic carboxylic acids is 1. The van der Waals surface area contributed by atoms with Gasteiger partial charge in [-0.3, -0.25) is 19.2 Å². The Labute approximate surface area is 323 Å². The van der Waals surface area contributed by atoms with Crippen LogP contribution in [0.2, 0.25) is 0 Å². The minimum Gasteiger partial charge on any atom is -0.489 e. The molecule has 0 bridgehead atoms. The molecular formula is C40H36F2N6O9. The van der Waals surface area contributed by atoms with E-state index in [4.69, 9.17) is 30.6 Å². The second-order valence-electron chi connectivity index (χ2n) is 12.4. The number of benzene rings is 4. The van der Waals surface area contributed by atoms with Gasteiger partial charge in [-0.05, 0) is 35.4 Å². The Bertz CT molecular complexity index is 2270. The molecule has 0 saturated carbocycles. The zero-order valence-electron chi connectivity index (χ0n) is 29.9. The van der Waals surface area contributed by atoms with E-state index in [0.29, 0.717) is 29.4 Å². The van der Waals surface area contributed by atoms with Crippen molar-refractivity contribution in [1.82, 2.24) is 10.5 Å². The molecule has 3 amide bonds. The summed E-state index contributed by atoms with van der Waals surface area (Å²) in [6.45, 7) is 0.00932. The van der Waals surface area contributed by atoms with E-state index in [-0.39, 0.29) is 42.7 Å². The fourth-order valence-electron chi connectivity index (χ4n) is 5.12. The molecule has 7 rings (SSSR count). The van der Waals surface area contributed by atoms with E-state index in [1.165, 1.54) is 36.4 Å². The molecule has 0 unspecified atom stereocenters. The van der Waals surface area contributed by atoms with Gasteiger partial charge in [-0.1, -0.05) is 65.8 Å². The van der Waals surface area contributed by atoms with E-state index in [2.05, 4.69) is 21.1 Å². The van der Waals surface area contributed by atoms with Gasteiger partial charge in [0.25, 0.3) is 11.8 Å². The van der Waals surface area contributed by atoms with Crippen molar-refractivity contribution in [2.45, 2.75) is 24.9 Å². The molecule has 2 aliphatic rings. The summed E-state index contributed by atoms with van der Waals surface area (Å²) in [5.74, 6) is -2.67. The van der Waals surface area contributed by atoms with Crippen LogP contribution in [-0.4, -0.2) is 65.0 Å². The van der Waals surface area contributed by atoms with Crippen LogP contribution in [0.5, 0.6) is 11.5 Å². The quantitative estimate of drug-likeness (QED) is 0.124. The SMILES string of the molecule is NC(=CC(=O)Cc1ccccc1)C(=O)O.N[C@H]1COc2ccc(F)cc2NC1=O.O=C(N[C@H]1COc2ccc(F)cc2NC1=O)c1cc(Cc2ccccc2)on1. The van der Waals surface area contributed by atoms with Crippen molar-refractivity contribution < 1.29 is 51.9 Å². The number of carbonyl (C=O) groups excluding carboxylic acids is 4. The van der Waals surface area contributed by atoms with Crippen molar-refractivity contribution in [1.29, 1.82) is 0 Å². The average molecular weight is 783 g/mol. The number of nitrogens with zero attached hydrogens (tertiary/aromatic N) is 1. The topological polar surface area (TPSA) is 238 Å². The van der Waals surface area contributed by atoms with Gasteiger partial charge < -0.3 is 46.5 Å². The number of amides is 3. The number of halogens is 2. The van der Waals surface area contributed by atoms with Crippen molar-refractivity contribution in [2.24, 2.45) is 11.5 Å². The van der Waals surface area contributed by atoms with Crippen LogP contribution in [-0.2, 0) is 32.0 Å². The van der Waals surface area contributed by atoms with Crippen LogP contribution < -0.4 is 36.9 Å². The van der Waals surface area contributed by atoms with Gasteiger partial charge in [0.15, 0.2) is 11.5 Å². The lowest BCUT2D eigenvalue weighted by Crippen LogP contribution is -2.46. The smallest absolute Gasteiger partial charge is 0.351 e. The minimum absolute atomic E-state index is 0.0616. The summed E-state index contributed by atoms with van der Waals surface area (Å²) in [4.78, 5) is 57.7. The molecule has 8 N–H and O–H groups in total. The van der Waals surface area contributed by atoms with E-state index in [0.717, 1.165) is 23.3 Å². The molecule has 1 aromatic heterocycles. The predicted molar refractivity (Wildman–Crippen MR) is 201 cm³/mol. The first-order valence-corrected chi connectivity index (χ1v) is 17.1. The van der Waals surface area contributed by atoms with Crippen molar-refractivity contribution in [3.63, 3.8) is 0 Å². The number of nitrogens with two attached hydrogens (primary N) is 2. The highest BCUT2D eigenvalue weighted by Crippen LogP contribution is 2.28. The first kappa shape index (κ1) is 40.8. The molecule has 2 aliphatic heterocycles. The van der Waals surface area contributed by atoms with Gasteiger partial charge in [0.2, 0.25) is 5.91 Å². The van der Waals surface area contributed by atoms with Crippen molar-refractivity contribution in [2.75, 3.05) is 23.8 Å². The number of hydrogen-bond acceptors (Lipinski definition) is 11. The summed E-state index contributed by atoms with van der Waals surface area (Å²) >= 11 is 0. The standard InChI is InChI=1S/C20H16FN3O4.C11H11NO3.C9H9FN2O2/c21-13-6-7-18-15(9-13)22-20(26)17(11-27-18)23-19(25)16-10-14(28-24-16)8-12-4-2-1-3-5-12;12-10(11(14)15)7-9(13)6-8-4-2-1-3-5-8;10-5-1-2-8-7(3-5)12-9(13)6(11)4-14-8/h1-7,9-10,17H,8,11H2,(H,22,26)(H,23,25);1-5,7H,6,12H2,(H,14,15);1-3,6H,4,11H2,(H,12,13)/t17-;;6-/m0.0/s1. The maximum absolute atomic E-state index is 13.3. The minimum atomic E-state index is -1.28. The Morgan fingerprint density at radius 3 is 1.96 bits per heavy atom. The Morgan fingerprint density at radius 1 is 0.807 bits per heavy atom. The van der Waals surface area contributed by atoms with E-state index < -0.39 is 47.2 Å². The molecule has 0 aliphatic carbocycles. The molecule has 0 fully saturated rings. The third kappa shape index (κ3) is 12.0. The molecule has 2 atom stereocenters. The lowest BCUT2D eigenvalue weighted by Gasteiger charge is -2.13. The van der Waals surface area contributed by atoms with Crippen molar-refractivity contribution in [3.05, 3.63) is 149 Å². The summed E-state index contributed by atoms with van der Waals surface area (Å²) in [5, 5.41) is 19.8. The van der Waals surface area contributed by atoms with Crippen LogP contribution in [0, 0.1) is 11.6 Å². The monoisotopic (exact) mass is 782 g/mol. The normalized spacial score (nSPS) is 15.7. The third-order valence-electron chi connectivity index (χ3n) is 7.98. The van der Waals surface area contributed by atoms with Gasteiger partial charge in [0.1, 0.15) is 59.9 Å². The average Bonchev–Trinajstić information content (AvgIpc) is 3.54. The zero-order valence-corrected chi connectivity index (χ0v) is 29.9. The van der Waals surface area contributed by atoms with Gasteiger partial charge >= 0.3 is 5.97 Å². The van der Waals surface area contributed by atoms with Crippen LogP contribution in [0.3, 0.4) is 0 Å². The van der Waals surface area contributed by atoms with Gasteiger partial charge in [0.05, 0.1) is 11.4 Å². The molecule has 294 valence electrons. The number of carbonyl (C=O) groups is 5. The molecule has 17 heteroatoms. The second kappa shape index (κ2) is 19.3. The number of anilines is 2. The highest BCUT2D eigenvalue weighted by Gasteiger charge is 2.28. The van der Waals surface area contributed by atoms with Crippen LogP contribution in [0.1, 0.15) is 27.4 Å². The van der Waals surface area contributed by atoms with E-state index in [1.807, 2.05) is 48.5 Å². The van der Waals surface area contributed by atoms with Gasteiger partial charge in [-0.2, -0.15) is 0 Å². The molecule has 15 nitrogen and oxygen atoms in total. The van der Waals surface area contributed by atoms with Gasteiger partial charge in [0, 0.05) is 37.1 Å². The fourth-order valence-corrected chi connectivity index (χ4v) is 5.12. The third-order valence-corrected chi connectivity index (χ3v) is 7.98. The molecule has 5 aromatic rings. The molecule has 3 heterocycles. The Kier molecular flexibility index (Phi) is 13.8. The van der Waals surface area contributed by atoms with E-state index in [9.17, 15) is 32.8 Å². The number of aromatic nitrogens is 1. The molecule has 57 heavy (non-hydrogen) atoms. The van der Waals surface area contributed by atoms with Crippen LogP contribution in [0.4, 0.5) is 20.2 Å². The summed E-state index contributed by atoms with van der Waals surface area (Å²) in [7, 11) is 0. The molecular weight excluding hydrogens is 746 g/mol. The lowest BCUT2D eigenvalue weighted by atomic mass is 10.1. The number of carboxylic acid groups (broad SMARTS) is 1. The highest BCUT2D eigenvalue weighted by molar-refractivity contribution is 6.02. The Hall–Kier alpha value is -7.40. The highest BCUT2D eigenvalue weighted by atomic mass is 19.1. The number of fused-ring (bicyclic) bond motifs is 2.